The molecule has 0 unspecified atom stereocenters. The molecule has 1 fully saturated rings. The molecule has 1 amide bonds. The van der Waals surface area contributed by atoms with Gasteiger partial charge in [0.2, 0.25) is 0 Å². The first-order chi connectivity index (χ1) is 9.50. The average Bonchev–Trinajstić information content (AvgIpc) is 2.46. The molecule has 5 heteroatoms. The third-order valence-electron chi connectivity index (χ3n) is 4.01. The molecule has 5 nitrogen and oxygen atoms in total. The summed E-state index contributed by atoms with van der Waals surface area (Å²) >= 11 is 0. The minimum Gasteiger partial charge on any atom is -0.338 e. The van der Waals surface area contributed by atoms with Crippen LogP contribution in [0.3, 0.4) is 0 Å². The number of hydrogen-bond donors (Lipinski definition) is 1. The van der Waals surface area contributed by atoms with Crippen LogP contribution >= 0.6 is 0 Å². The van der Waals surface area contributed by atoms with E-state index >= 15 is 0 Å². The van der Waals surface area contributed by atoms with Gasteiger partial charge < -0.3 is 10.6 Å². The summed E-state index contributed by atoms with van der Waals surface area (Å²) in [6, 6.07) is 0.127. The Morgan fingerprint density at radius 1 is 1.45 bits per heavy atom. The number of carbonyl (C=O) groups excluding carboxylic acids is 1. The summed E-state index contributed by atoms with van der Waals surface area (Å²) in [7, 11) is 0. The summed E-state index contributed by atoms with van der Waals surface area (Å²) in [4.78, 5) is 22.9. The fourth-order valence-electron chi connectivity index (χ4n) is 2.76. The van der Waals surface area contributed by atoms with E-state index in [0.717, 1.165) is 31.6 Å². The van der Waals surface area contributed by atoms with Crippen molar-refractivity contribution in [2.75, 3.05) is 13.1 Å². The van der Waals surface area contributed by atoms with Gasteiger partial charge in [0.05, 0.1) is 11.3 Å². The van der Waals surface area contributed by atoms with E-state index in [1.807, 2.05) is 25.7 Å². The van der Waals surface area contributed by atoms with Crippen LogP contribution in [0.5, 0.6) is 0 Å². The molecule has 1 aliphatic rings. The molecule has 0 spiro atoms. The first-order valence-corrected chi connectivity index (χ1v) is 7.35. The smallest absolute Gasteiger partial charge is 0.257 e. The van der Waals surface area contributed by atoms with Crippen molar-refractivity contribution >= 4 is 5.91 Å². The summed E-state index contributed by atoms with van der Waals surface area (Å²) in [6.45, 7) is 7.64. The molecule has 1 saturated heterocycles. The van der Waals surface area contributed by atoms with Crippen molar-refractivity contribution in [3.8, 4) is 0 Å². The molecule has 2 rings (SSSR count). The number of nitrogens with zero attached hydrogens (tertiary/aromatic N) is 3. The lowest BCUT2D eigenvalue weighted by atomic mass is 9.91. The molecule has 0 saturated carbocycles. The summed E-state index contributed by atoms with van der Waals surface area (Å²) < 4.78 is 0. The second-order valence-corrected chi connectivity index (χ2v) is 5.99. The maximum atomic E-state index is 12.7. The van der Waals surface area contributed by atoms with Crippen LogP contribution in [0.1, 0.15) is 55.6 Å². The summed E-state index contributed by atoms with van der Waals surface area (Å²) in [5.41, 5.74) is 7.44. The monoisotopic (exact) mass is 276 g/mol. The Balaban J connectivity index is 2.19. The van der Waals surface area contributed by atoms with Gasteiger partial charge in [-0.15, -0.1) is 0 Å². The largest absolute Gasteiger partial charge is 0.338 e. The van der Waals surface area contributed by atoms with Gasteiger partial charge in [-0.2, -0.15) is 0 Å². The third kappa shape index (κ3) is 3.15. The van der Waals surface area contributed by atoms with Gasteiger partial charge in [-0.1, -0.05) is 13.8 Å². The zero-order valence-corrected chi connectivity index (χ0v) is 12.5. The van der Waals surface area contributed by atoms with E-state index < -0.39 is 0 Å². The van der Waals surface area contributed by atoms with Gasteiger partial charge in [-0.05, 0) is 31.6 Å². The standard InChI is InChI=1S/C15H24N4O/c1-10(2)14-13(7-17-9-18-14)15(20)19-6-4-5-12(8-19)11(3)16/h7,9-12H,4-6,8,16H2,1-3H3/t11-,12+/m0/s1. The average molecular weight is 276 g/mol. The second kappa shape index (κ2) is 6.31. The molecule has 0 aliphatic carbocycles. The maximum Gasteiger partial charge on any atom is 0.257 e. The summed E-state index contributed by atoms with van der Waals surface area (Å²) in [5.74, 6) is 0.644. The number of aromatic nitrogens is 2. The van der Waals surface area contributed by atoms with E-state index in [4.69, 9.17) is 5.73 Å². The molecule has 2 N–H and O–H groups in total. The molecule has 0 radical (unpaired) electrons. The van der Waals surface area contributed by atoms with Crippen molar-refractivity contribution in [1.82, 2.24) is 14.9 Å². The predicted molar refractivity (Wildman–Crippen MR) is 78.4 cm³/mol. The van der Waals surface area contributed by atoms with E-state index in [1.165, 1.54) is 6.33 Å². The molecular formula is C15H24N4O. The number of amides is 1. The van der Waals surface area contributed by atoms with Crippen LogP contribution < -0.4 is 5.73 Å². The van der Waals surface area contributed by atoms with Crippen LogP contribution in [-0.2, 0) is 0 Å². The van der Waals surface area contributed by atoms with Crippen molar-refractivity contribution in [3.05, 3.63) is 23.8 Å². The van der Waals surface area contributed by atoms with E-state index in [2.05, 4.69) is 9.97 Å². The third-order valence-corrected chi connectivity index (χ3v) is 4.01. The van der Waals surface area contributed by atoms with Crippen molar-refractivity contribution in [2.45, 2.75) is 45.6 Å². The first-order valence-electron chi connectivity index (χ1n) is 7.35. The number of carbonyl (C=O) groups is 1. The molecular weight excluding hydrogens is 252 g/mol. The molecule has 1 aliphatic heterocycles. The highest BCUT2D eigenvalue weighted by atomic mass is 16.2. The maximum absolute atomic E-state index is 12.7. The highest BCUT2D eigenvalue weighted by Gasteiger charge is 2.28. The number of piperidine rings is 1. The van der Waals surface area contributed by atoms with Crippen LogP contribution in [-0.4, -0.2) is 39.9 Å². The minimum absolute atomic E-state index is 0.0413. The minimum atomic E-state index is 0.0413. The summed E-state index contributed by atoms with van der Waals surface area (Å²) in [6.07, 6.45) is 5.26. The van der Waals surface area contributed by atoms with Gasteiger partial charge in [0.25, 0.3) is 5.91 Å². The lowest BCUT2D eigenvalue weighted by Crippen LogP contribution is -2.45. The molecule has 0 bridgehead atoms. The molecule has 0 aromatic carbocycles. The molecule has 2 atom stereocenters. The zero-order valence-electron chi connectivity index (χ0n) is 12.5. The lowest BCUT2D eigenvalue weighted by Gasteiger charge is -2.35. The number of likely N-dealkylation sites (tertiary alicyclic amines) is 1. The highest BCUT2D eigenvalue weighted by molar-refractivity contribution is 5.95. The Kier molecular flexibility index (Phi) is 4.70. The van der Waals surface area contributed by atoms with Gasteiger partial charge in [-0.3, -0.25) is 4.79 Å². The Morgan fingerprint density at radius 2 is 2.20 bits per heavy atom. The number of rotatable bonds is 3. The normalized spacial score (nSPS) is 21.1. The molecule has 1 aromatic rings. The van der Waals surface area contributed by atoms with Crippen LogP contribution in [0.25, 0.3) is 0 Å². The Hall–Kier alpha value is -1.49. The predicted octanol–water partition coefficient (Wildman–Crippen LogP) is 1.80. The molecule has 20 heavy (non-hydrogen) atoms. The SMILES string of the molecule is CC(C)c1ncncc1C(=O)N1CCC[C@@H]([C@H](C)N)C1. The lowest BCUT2D eigenvalue weighted by molar-refractivity contribution is 0.0658. The Labute approximate surface area is 120 Å². The van der Waals surface area contributed by atoms with E-state index in [0.29, 0.717) is 11.5 Å². The molecule has 1 aromatic heterocycles. The number of hydrogen-bond acceptors (Lipinski definition) is 4. The zero-order chi connectivity index (χ0) is 14.7. The highest BCUT2D eigenvalue weighted by Crippen LogP contribution is 2.23. The van der Waals surface area contributed by atoms with Gasteiger partial charge in [0.1, 0.15) is 6.33 Å². The Bertz CT molecular complexity index is 473. The van der Waals surface area contributed by atoms with E-state index in [-0.39, 0.29) is 17.9 Å². The fraction of sp³-hybridized carbons (Fsp3) is 0.667. The van der Waals surface area contributed by atoms with Crippen molar-refractivity contribution < 1.29 is 4.79 Å². The number of nitrogens with two attached hydrogens (primary N) is 1. The van der Waals surface area contributed by atoms with Crippen LogP contribution in [0.15, 0.2) is 12.5 Å². The van der Waals surface area contributed by atoms with Crippen LogP contribution in [0, 0.1) is 5.92 Å². The van der Waals surface area contributed by atoms with E-state index in [9.17, 15) is 4.79 Å². The second-order valence-electron chi connectivity index (χ2n) is 5.99. The topological polar surface area (TPSA) is 72.1 Å². The van der Waals surface area contributed by atoms with Crippen LogP contribution in [0.2, 0.25) is 0 Å². The van der Waals surface area contributed by atoms with Gasteiger partial charge in [0.15, 0.2) is 0 Å². The first kappa shape index (κ1) is 14.9. The van der Waals surface area contributed by atoms with Crippen LogP contribution in [0.4, 0.5) is 0 Å². The van der Waals surface area contributed by atoms with Crippen molar-refractivity contribution in [1.29, 1.82) is 0 Å². The van der Waals surface area contributed by atoms with Crippen molar-refractivity contribution in [2.24, 2.45) is 11.7 Å². The van der Waals surface area contributed by atoms with Gasteiger partial charge in [0, 0.05) is 25.3 Å². The quantitative estimate of drug-likeness (QED) is 0.913. The molecule has 110 valence electrons. The fourth-order valence-corrected chi connectivity index (χ4v) is 2.76. The molecule has 2 heterocycles. The Morgan fingerprint density at radius 3 is 2.85 bits per heavy atom. The van der Waals surface area contributed by atoms with Crippen molar-refractivity contribution in [3.63, 3.8) is 0 Å². The van der Waals surface area contributed by atoms with Gasteiger partial charge in [-0.25, -0.2) is 9.97 Å². The summed E-state index contributed by atoms with van der Waals surface area (Å²) in [5, 5.41) is 0. The van der Waals surface area contributed by atoms with Gasteiger partial charge >= 0.3 is 0 Å². The van der Waals surface area contributed by atoms with E-state index in [1.54, 1.807) is 6.20 Å².